The first-order valence-electron chi connectivity index (χ1n) is 6.52. The minimum absolute atomic E-state index is 0.0480. The molecule has 1 heterocycles. The van der Waals surface area contributed by atoms with Crippen LogP contribution in [0.1, 0.15) is 22.3 Å². The van der Waals surface area contributed by atoms with Gasteiger partial charge in [0.25, 0.3) is 0 Å². The Morgan fingerprint density at radius 3 is 2.39 bits per heavy atom. The van der Waals surface area contributed by atoms with Crippen molar-refractivity contribution < 1.29 is 9.84 Å². The summed E-state index contributed by atoms with van der Waals surface area (Å²) in [5, 5.41) is 12.8. The van der Waals surface area contributed by atoms with Gasteiger partial charge in [-0.15, -0.1) is 0 Å². The van der Waals surface area contributed by atoms with E-state index in [4.69, 9.17) is 4.74 Å². The number of aliphatic hydroxyl groups is 1. The van der Waals surface area contributed by atoms with Crippen molar-refractivity contribution in [3.8, 4) is 0 Å². The predicted molar refractivity (Wildman–Crippen MR) is 72.7 cm³/mol. The van der Waals surface area contributed by atoms with Crippen molar-refractivity contribution in [3.05, 3.63) is 34.4 Å². The molecule has 0 saturated carbocycles. The summed E-state index contributed by atoms with van der Waals surface area (Å²) in [5.41, 5.74) is 5.30. The molecule has 0 amide bonds. The molecule has 3 nitrogen and oxygen atoms in total. The number of ether oxygens (including phenoxy) is 1. The molecule has 0 aromatic heterocycles. The molecule has 1 saturated heterocycles. The molecule has 0 radical (unpaired) electrons. The van der Waals surface area contributed by atoms with Crippen LogP contribution in [0.5, 0.6) is 0 Å². The van der Waals surface area contributed by atoms with E-state index in [9.17, 15) is 5.11 Å². The predicted octanol–water partition coefficient (Wildman–Crippen LogP) is 1.71. The number of hydrogen-bond donors (Lipinski definition) is 2. The third-order valence-corrected chi connectivity index (χ3v) is 3.92. The summed E-state index contributed by atoms with van der Waals surface area (Å²) in [5.74, 6) is 0. The summed E-state index contributed by atoms with van der Waals surface area (Å²) >= 11 is 0. The minimum Gasteiger partial charge on any atom is -0.396 e. The number of nitrogens with one attached hydrogen (secondary N) is 1. The first kappa shape index (κ1) is 13.5. The second-order valence-electron chi connectivity index (χ2n) is 5.62. The van der Waals surface area contributed by atoms with Gasteiger partial charge < -0.3 is 15.2 Å². The van der Waals surface area contributed by atoms with Crippen molar-refractivity contribution >= 4 is 0 Å². The number of rotatable bonds is 5. The molecule has 18 heavy (non-hydrogen) atoms. The van der Waals surface area contributed by atoms with Crippen LogP contribution in [0.2, 0.25) is 0 Å². The van der Waals surface area contributed by atoms with Crippen molar-refractivity contribution in [3.63, 3.8) is 0 Å². The standard InChI is InChI=1S/C15H23NO2/c1-11-4-13(3)14(5-12(11)2)6-16-7-15(8-17)9-18-10-15/h4-5,16-17H,6-10H2,1-3H3. The highest BCUT2D eigenvalue weighted by Crippen LogP contribution is 2.25. The van der Waals surface area contributed by atoms with Crippen molar-refractivity contribution in [2.75, 3.05) is 26.4 Å². The minimum atomic E-state index is -0.0480. The molecule has 0 aliphatic carbocycles. The SMILES string of the molecule is Cc1cc(C)c(CNCC2(CO)COC2)cc1C. The third kappa shape index (κ3) is 2.74. The summed E-state index contributed by atoms with van der Waals surface area (Å²) in [6, 6.07) is 4.49. The maximum absolute atomic E-state index is 9.35. The summed E-state index contributed by atoms with van der Waals surface area (Å²) in [6.45, 7) is 9.65. The number of aliphatic hydroxyl groups excluding tert-OH is 1. The van der Waals surface area contributed by atoms with E-state index in [1.807, 2.05) is 0 Å². The van der Waals surface area contributed by atoms with Gasteiger partial charge in [-0.1, -0.05) is 12.1 Å². The van der Waals surface area contributed by atoms with Crippen LogP contribution in [0.4, 0.5) is 0 Å². The summed E-state index contributed by atoms with van der Waals surface area (Å²) in [4.78, 5) is 0. The zero-order chi connectivity index (χ0) is 13.2. The van der Waals surface area contributed by atoms with E-state index in [-0.39, 0.29) is 12.0 Å². The van der Waals surface area contributed by atoms with E-state index in [0.717, 1.165) is 13.1 Å². The average molecular weight is 249 g/mol. The number of hydrogen-bond acceptors (Lipinski definition) is 3. The fourth-order valence-electron chi connectivity index (χ4n) is 2.31. The van der Waals surface area contributed by atoms with Crippen LogP contribution in [-0.4, -0.2) is 31.5 Å². The van der Waals surface area contributed by atoms with Crippen LogP contribution >= 0.6 is 0 Å². The van der Waals surface area contributed by atoms with E-state index in [2.05, 4.69) is 38.2 Å². The van der Waals surface area contributed by atoms with Gasteiger partial charge in [-0.3, -0.25) is 0 Å². The molecule has 0 spiro atoms. The molecule has 100 valence electrons. The molecule has 1 aliphatic rings. The van der Waals surface area contributed by atoms with Gasteiger partial charge in [-0.2, -0.15) is 0 Å². The molecule has 0 unspecified atom stereocenters. The zero-order valence-corrected chi connectivity index (χ0v) is 11.5. The molecular weight excluding hydrogens is 226 g/mol. The molecule has 1 aromatic carbocycles. The zero-order valence-electron chi connectivity index (χ0n) is 11.5. The summed E-state index contributed by atoms with van der Waals surface area (Å²) in [6.07, 6.45) is 0. The van der Waals surface area contributed by atoms with Crippen LogP contribution < -0.4 is 5.32 Å². The second kappa shape index (κ2) is 5.39. The Hall–Kier alpha value is -0.900. The highest BCUT2D eigenvalue weighted by atomic mass is 16.5. The molecule has 1 aliphatic heterocycles. The first-order valence-corrected chi connectivity index (χ1v) is 6.52. The maximum atomic E-state index is 9.35. The Morgan fingerprint density at radius 1 is 1.17 bits per heavy atom. The van der Waals surface area contributed by atoms with Gasteiger partial charge in [0.15, 0.2) is 0 Å². The van der Waals surface area contributed by atoms with Gasteiger partial charge in [0.2, 0.25) is 0 Å². The Balaban J connectivity index is 1.92. The topological polar surface area (TPSA) is 41.5 Å². The molecule has 2 rings (SSSR count). The fraction of sp³-hybridized carbons (Fsp3) is 0.600. The number of benzene rings is 1. The smallest absolute Gasteiger partial charge is 0.0579 e. The molecule has 1 aromatic rings. The Bertz CT molecular complexity index is 419. The first-order chi connectivity index (χ1) is 8.56. The van der Waals surface area contributed by atoms with E-state index < -0.39 is 0 Å². The van der Waals surface area contributed by atoms with Crippen molar-refractivity contribution in [1.82, 2.24) is 5.32 Å². The van der Waals surface area contributed by atoms with Crippen LogP contribution in [0.25, 0.3) is 0 Å². The second-order valence-corrected chi connectivity index (χ2v) is 5.62. The highest BCUT2D eigenvalue weighted by Gasteiger charge is 2.37. The van der Waals surface area contributed by atoms with E-state index in [1.54, 1.807) is 0 Å². The van der Waals surface area contributed by atoms with E-state index >= 15 is 0 Å². The molecule has 0 bridgehead atoms. The van der Waals surface area contributed by atoms with Crippen LogP contribution in [-0.2, 0) is 11.3 Å². The van der Waals surface area contributed by atoms with Gasteiger partial charge in [0, 0.05) is 13.1 Å². The third-order valence-electron chi connectivity index (χ3n) is 3.92. The van der Waals surface area contributed by atoms with Crippen LogP contribution in [0.3, 0.4) is 0 Å². The van der Waals surface area contributed by atoms with Crippen molar-refractivity contribution in [2.24, 2.45) is 5.41 Å². The average Bonchev–Trinajstić information content (AvgIpc) is 2.29. The fourth-order valence-corrected chi connectivity index (χ4v) is 2.31. The lowest BCUT2D eigenvalue weighted by atomic mass is 9.87. The molecule has 0 atom stereocenters. The van der Waals surface area contributed by atoms with Gasteiger partial charge in [0.05, 0.1) is 25.2 Å². The van der Waals surface area contributed by atoms with Crippen molar-refractivity contribution in [1.29, 1.82) is 0 Å². The largest absolute Gasteiger partial charge is 0.396 e. The molecule has 1 fully saturated rings. The van der Waals surface area contributed by atoms with Crippen molar-refractivity contribution in [2.45, 2.75) is 27.3 Å². The molecular formula is C15H23NO2. The normalized spacial score (nSPS) is 17.6. The van der Waals surface area contributed by atoms with Gasteiger partial charge in [0.1, 0.15) is 0 Å². The quantitative estimate of drug-likeness (QED) is 0.835. The van der Waals surface area contributed by atoms with Crippen LogP contribution in [0.15, 0.2) is 12.1 Å². The van der Waals surface area contributed by atoms with E-state index in [0.29, 0.717) is 13.2 Å². The Morgan fingerprint density at radius 2 is 1.83 bits per heavy atom. The molecule has 2 N–H and O–H groups in total. The Kier molecular flexibility index (Phi) is 4.05. The molecule has 3 heteroatoms. The van der Waals surface area contributed by atoms with Crippen LogP contribution in [0, 0.1) is 26.2 Å². The lowest BCUT2D eigenvalue weighted by molar-refractivity contribution is -0.134. The lowest BCUT2D eigenvalue weighted by Crippen LogP contribution is -2.52. The Labute approximate surface area is 109 Å². The van der Waals surface area contributed by atoms with Gasteiger partial charge >= 0.3 is 0 Å². The van der Waals surface area contributed by atoms with E-state index in [1.165, 1.54) is 22.3 Å². The lowest BCUT2D eigenvalue weighted by Gasteiger charge is -2.40. The maximum Gasteiger partial charge on any atom is 0.0579 e. The number of aryl methyl sites for hydroxylation is 3. The van der Waals surface area contributed by atoms with Gasteiger partial charge in [-0.05, 0) is 43.0 Å². The van der Waals surface area contributed by atoms with Gasteiger partial charge in [-0.25, -0.2) is 0 Å². The summed E-state index contributed by atoms with van der Waals surface area (Å²) < 4.78 is 5.19. The monoisotopic (exact) mass is 249 g/mol. The summed E-state index contributed by atoms with van der Waals surface area (Å²) in [7, 11) is 0. The highest BCUT2D eigenvalue weighted by molar-refractivity contribution is 5.36.